The van der Waals surface area contributed by atoms with E-state index in [1.165, 1.54) is 0 Å². The van der Waals surface area contributed by atoms with Crippen molar-refractivity contribution in [2.24, 2.45) is 0 Å². The van der Waals surface area contributed by atoms with E-state index in [2.05, 4.69) is 20.4 Å². The molecule has 0 unspecified atom stereocenters. The fourth-order valence-corrected chi connectivity index (χ4v) is 2.50. The Morgan fingerprint density at radius 2 is 2.14 bits per heavy atom. The molecule has 0 atom stereocenters. The lowest BCUT2D eigenvalue weighted by Gasteiger charge is -2.07. The first-order chi connectivity index (χ1) is 10.2. The zero-order valence-electron chi connectivity index (χ0n) is 12.0. The third-order valence-electron chi connectivity index (χ3n) is 3.17. The maximum absolute atomic E-state index is 6.03. The second kappa shape index (κ2) is 5.69. The fraction of sp³-hybridized carbons (Fsp3) is 0.267. The van der Waals surface area contributed by atoms with Gasteiger partial charge in [-0.2, -0.15) is 5.10 Å². The molecule has 3 aromatic rings. The molecule has 108 valence electrons. The van der Waals surface area contributed by atoms with Gasteiger partial charge in [0.1, 0.15) is 11.6 Å². The molecule has 1 aromatic carbocycles. The molecule has 21 heavy (non-hydrogen) atoms. The summed E-state index contributed by atoms with van der Waals surface area (Å²) in [5, 5.41) is 9.35. The maximum atomic E-state index is 6.03. The molecule has 0 aliphatic rings. The Morgan fingerprint density at radius 3 is 2.90 bits per heavy atom. The molecule has 3 rings (SSSR count). The highest BCUT2D eigenvalue weighted by Gasteiger charge is 2.11. The molecule has 0 aliphatic heterocycles. The van der Waals surface area contributed by atoms with Crippen LogP contribution in [-0.2, 0) is 6.54 Å². The van der Waals surface area contributed by atoms with Gasteiger partial charge in [0.2, 0.25) is 0 Å². The Balaban J connectivity index is 2.03. The first-order valence-corrected chi connectivity index (χ1v) is 7.23. The van der Waals surface area contributed by atoms with Gasteiger partial charge in [-0.15, -0.1) is 0 Å². The molecule has 0 saturated carbocycles. The predicted octanol–water partition coefficient (Wildman–Crippen LogP) is 3.27. The summed E-state index contributed by atoms with van der Waals surface area (Å²) in [6.45, 7) is 5.37. The van der Waals surface area contributed by atoms with Crippen LogP contribution in [0.3, 0.4) is 0 Å². The Bertz CT molecular complexity index is 781. The van der Waals surface area contributed by atoms with E-state index < -0.39 is 0 Å². The van der Waals surface area contributed by atoms with E-state index in [1.807, 2.05) is 42.8 Å². The Kier molecular flexibility index (Phi) is 3.75. The van der Waals surface area contributed by atoms with Gasteiger partial charge in [-0.1, -0.05) is 23.7 Å². The molecule has 2 aromatic heterocycles. The highest BCUT2D eigenvalue weighted by molar-refractivity contribution is 6.30. The van der Waals surface area contributed by atoms with Gasteiger partial charge in [-0.3, -0.25) is 0 Å². The van der Waals surface area contributed by atoms with E-state index >= 15 is 0 Å². The van der Waals surface area contributed by atoms with Gasteiger partial charge in [0.15, 0.2) is 5.65 Å². The van der Waals surface area contributed by atoms with Crippen LogP contribution >= 0.6 is 11.6 Å². The van der Waals surface area contributed by atoms with Crippen molar-refractivity contribution in [1.29, 1.82) is 0 Å². The third kappa shape index (κ3) is 2.83. The number of halogens is 1. The fourth-order valence-electron chi connectivity index (χ4n) is 2.29. The molecule has 0 bridgehead atoms. The average molecular weight is 302 g/mol. The zero-order valence-corrected chi connectivity index (χ0v) is 12.7. The van der Waals surface area contributed by atoms with E-state index in [0.717, 1.165) is 39.8 Å². The van der Waals surface area contributed by atoms with Crippen molar-refractivity contribution in [3.05, 3.63) is 46.9 Å². The zero-order chi connectivity index (χ0) is 14.8. The minimum absolute atomic E-state index is 0.631. The largest absolute Gasteiger partial charge is 0.370 e. The van der Waals surface area contributed by atoms with Crippen LogP contribution < -0.4 is 5.32 Å². The molecule has 0 saturated heterocycles. The normalized spacial score (nSPS) is 11.0. The Morgan fingerprint density at radius 1 is 1.29 bits per heavy atom. The number of benzene rings is 1. The number of nitrogens with zero attached hydrogens (tertiary/aromatic N) is 4. The summed E-state index contributed by atoms with van der Waals surface area (Å²) < 4.78 is 1.87. The first-order valence-electron chi connectivity index (χ1n) is 6.86. The van der Waals surface area contributed by atoms with Crippen molar-refractivity contribution in [3.8, 4) is 0 Å². The van der Waals surface area contributed by atoms with Crippen molar-refractivity contribution in [3.63, 3.8) is 0 Å². The number of fused-ring (bicyclic) bond motifs is 1. The number of aromatic nitrogens is 4. The summed E-state index contributed by atoms with van der Waals surface area (Å²) in [7, 11) is 0. The lowest BCUT2D eigenvalue weighted by molar-refractivity contribution is 0.702. The van der Waals surface area contributed by atoms with Crippen LogP contribution in [0.2, 0.25) is 5.02 Å². The molecule has 0 fully saturated rings. The monoisotopic (exact) mass is 301 g/mol. The van der Waals surface area contributed by atoms with Crippen LogP contribution in [0, 0.1) is 6.92 Å². The van der Waals surface area contributed by atoms with Gasteiger partial charge >= 0.3 is 0 Å². The van der Waals surface area contributed by atoms with Gasteiger partial charge < -0.3 is 5.32 Å². The molecule has 0 radical (unpaired) electrons. The summed E-state index contributed by atoms with van der Waals surface area (Å²) >= 11 is 6.03. The maximum Gasteiger partial charge on any atom is 0.163 e. The standard InChI is InChI=1S/C15H16ClN5/c1-3-17-14-13-8-18-21(15(13)20-10(2)19-14)9-11-5-4-6-12(16)7-11/h4-8H,3,9H2,1-2H3,(H,17,19,20). The van der Waals surface area contributed by atoms with Crippen LogP contribution in [0.25, 0.3) is 11.0 Å². The molecule has 6 heteroatoms. The lowest BCUT2D eigenvalue weighted by atomic mass is 10.2. The molecule has 0 spiro atoms. The first kappa shape index (κ1) is 13.8. The summed E-state index contributed by atoms with van der Waals surface area (Å²) in [6.07, 6.45) is 1.80. The molecular formula is C15H16ClN5. The second-order valence-electron chi connectivity index (χ2n) is 4.82. The Labute approximate surface area is 128 Å². The van der Waals surface area contributed by atoms with Gasteiger partial charge in [-0.05, 0) is 31.5 Å². The van der Waals surface area contributed by atoms with Gasteiger partial charge in [0.05, 0.1) is 18.1 Å². The highest BCUT2D eigenvalue weighted by Crippen LogP contribution is 2.21. The minimum Gasteiger partial charge on any atom is -0.370 e. The topological polar surface area (TPSA) is 55.6 Å². The molecule has 0 amide bonds. The van der Waals surface area contributed by atoms with Crippen LogP contribution in [0.15, 0.2) is 30.5 Å². The van der Waals surface area contributed by atoms with Crippen LogP contribution in [0.5, 0.6) is 0 Å². The average Bonchev–Trinajstić information content (AvgIpc) is 2.82. The van der Waals surface area contributed by atoms with E-state index in [9.17, 15) is 0 Å². The summed E-state index contributed by atoms with van der Waals surface area (Å²) in [4.78, 5) is 8.94. The smallest absolute Gasteiger partial charge is 0.163 e. The molecule has 2 heterocycles. The number of hydrogen-bond acceptors (Lipinski definition) is 4. The predicted molar refractivity (Wildman–Crippen MR) is 84.8 cm³/mol. The number of rotatable bonds is 4. The number of aryl methyl sites for hydroxylation is 1. The van der Waals surface area contributed by atoms with E-state index in [0.29, 0.717) is 6.54 Å². The van der Waals surface area contributed by atoms with Crippen molar-refractivity contribution < 1.29 is 0 Å². The summed E-state index contributed by atoms with van der Waals surface area (Å²) in [5.74, 6) is 1.56. The summed E-state index contributed by atoms with van der Waals surface area (Å²) in [5.41, 5.74) is 1.92. The van der Waals surface area contributed by atoms with Crippen LogP contribution in [0.4, 0.5) is 5.82 Å². The Hall–Kier alpha value is -2.14. The van der Waals surface area contributed by atoms with Crippen molar-refractivity contribution >= 4 is 28.5 Å². The van der Waals surface area contributed by atoms with Crippen molar-refractivity contribution in [1.82, 2.24) is 19.7 Å². The van der Waals surface area contributed by atoms with E-state index in [4.69, 9.17) is 11.6 Å². The summed E-state index contributed by atoms with van der Waals surface area (Å²) in [6, 6.07) is 7.77. The second-order valence-corrected chi connectivity index (χ2v) is 5.26. The van der Waals surface area contributed by atoms with Gasteiger partial charge in [-0.25, -0.2) is 14.6 Å². The van der Waals surface area contributed by atoms with Crippen molar-refractivity contribution in [2.75, 3.05) is 11.9 Å². The SMILES string of the molecule is CCNc1nc(C)nc2c1cnn2Cc1cccc(Cl)c1. The minimum atomic E-state index is 0.631. The number of nitrogens with one attached hydrogen (secondary N) is 1. The molecular weight excluding hydrogens is 286 g/mol. The molecule has 1 N–H and O–H groups in total. The van der Waals surface area contributed by atoms with Gasteiger partial charge in [0.25, 0.3) is 0 Å². The lowest BCUT2D eigenvalue weighted by Crippen LogP contribution is -2.06. The van der Waals surface area contributed by atoms with Crippen molar-refractivity contribution in [2.45, 2.75) is 20.4 Å². The quantitative estimate of drug-likeness (QED) is 0.803. The highest BCUT2D eigenvalue weighted by atomic mass is 35.5. The number of hydrogen-bond donors (Lipinski definition) is 1. The van der Waals surface area contributed by atoms with E-state index in [1.54, 1.807) is 6.20 Å². The van der Waals surface area contributed by atoms with Gasteiger partial charge in [0, 0.05) is 11.6 Å². The third-order valence-corrected chi connectivity index (χ3v) is 3.41. The van der Waals surface area contributed by atoms with Crippen LogP contribution in [0.1, 0.15) is 18.3 Å². The van der Waals surface area contributed by atoms with Crippen LogP contribution in [-0.4, -0.2) is 26.3 Å². The van der Waals surface area contributed by atoms with E-state index in [-0.39, 0.29) is 0 Å². The number of anilines is 1. The molecule has 0 aliphatic carbocycles. The molecule has 5 nitrogen and oxygen atoms in total.